The van der Waals surface area contributed by atoms with Crippen LogP contribution in [0.3, 0.4) is 0 Å². The van der Waals surface area contributed by atoms with Crippen LogP contribution >= 0.6 is 0 Å². The summed E-state index contributed by atoms with van der Waals surface area (Å²) in [7, 11) is -3.68. The van der Waals surface area contributed by atoms with Gasteiger partial charge < -0.3 is 5.11 Å². The fraction of sp³-hybridized carbons (Fsp3) is 0.357. The van der Waals surface area contributed by atoms with Crippen molar-refractivity contribution in [2.24, 2.45) is 0 Å². The summed E-state index contributed by atoms with van der Waals surface area (Å²) in [4.78, 5) is 0.217. The van der Waals surface area contributed by atoms with E-state index < -0.39 is 16.1 Å². The molecule has 1 aromatic heterocycles. The van der Waals surface area contributed by atoms with E-state index in [-0.39, 0.29) is 4.90 Å². The maximum Gasteiger partial charge on any atom is 0.283 e. The van der Waals surface area contributed by atoms with Crippen LogP contribution in [-0.2, 0) is 16.4 Å². The van der Waals surface area contributed by atoms with E-state index in [1.54, 1.807) is 24.3 Å². The third-order valence-electron chi connectivity index (χ3n) is 3.66. The molecule has 0 spiro atoms. The van der Waals surface area contributed by atoms with E-state index in [4.69, 9.17) is 0 Å². The Labute approximate surface area is 117 Å². The Morgan fingerprint density at radius 3 is 2.70 bits per heavy atom. The van der Waals surface area contributed by atoms with Crippen molar-refractivity contribution in [1.29, 1.82) is 0 Å². The molecule has 1 N–H and O–H groups in total. The summed E-state index contributed by atoms with van der Waals surface area (Å²) >= 11 is 0. The molecule has 0 aliphatic heterocycles. The van der Waals surface area contributed by atoms with Crippen molar-refractivity contribution in [3.8, 4) is 0 Å². The monoisotopic (exact) mass is 292 g/mol. The van der Waals surface area contributed by atoms with Crippen LogP contribution < -0.4 is 0 Å². The summed E-state index contributed by atoms with van der Waals surface area (Å²) in [6.07, 6.45) is 2.90. The van der Waals surface area contributed by atoms with Gasteiger partial charge in [0.15, 0.2) is 0 Å². The van der Waals surface area contributed by atoms with Gasteiger partial charge in [-0.1, -0.05) is 17.7 Å². The summed E-state index contributed by atoms with van der Waals surface area (Å²) in [5, 5.41) is 13.9. The number of benzene rings is 1. The van der Waals surface area contributed by atoms with Crippen LogP contribution in [0.15, 0.2) is 35.4 Å². The Hall–Kier alpha value is -1.66. The first kappa shape index (κ1) is 13.3. The fourth-order valence-corrected chi connectivity index (χ4v) is 3.86. The minimum Gasteiger partial charge on any atom is -0.388 e. The zero-order valence-corrected chi connectivity index (χ0v) is 12.0. The van der Waals surface area contributed by atoms with Crippen LogP contribution in [0.25, 0.3) is 0 Å². The maximum absolute atomic E-state index is 12.6. The topological polar surface area (TPSA) is 72.2 Å². The molecule has 20 heavy (non-hydrogen) atoms. The highest BCUT2D eigenvalue weighted by atomic mass is 32.2. The van der Waals surface area contributed by atoms with Crippen molar-refractivity contribution in [2.75, 3.05) is 0 Å². The van der Waals surface area contributed by atoms with Gasteiger partial charge in [-0.25, -0.2) is 0 Å². The molecule has 1 atom stereocenters. The summed E-state index contributed by atoms with van der Waals surface area (Å²) in [5.74, 6) is 0. The highest BCUT2D eigenvalue weighted by Gasteiger charge is 2.28. The Morgan fingerprint density at radius 1 is 1.30 bits per heavy atom. The molecule has 1 aromatic carbocycles. The largest absolute Gasteiger partial charge is 0.388 e. The minimum absolute atomic E-state index is 0.217. The molecule has 1 unspecified atom stereocenters. The zero-order valence-electron chi connectivity index (χ0n) is 11.2. The van der Waals surface area contributed by atoms with Gasteiger partial charge in [0.05, 0.1) is 22.9 Å². The highest BCUT2D eigenvalue weighted by Crippen LogP contribution is 2.31. The van der Waals surface area contributed by atoms with Crippen molar-refractivity contribution in [3.63, 3.8) is 0 Å². The predicted octanol–water partition coefficient (Wildman–Crippen LogP) is 1.80. The number of aromatic nitrogens is 2. The standard InChI is InChI=1S/C14H16N2O3S/c1-10-5-7-11(8-6-10)20(18,19)16-13-3-2-4-14(17)12(13)9-15-16/h5-9,14,17H,2-4H2,1H3. The number of fused-ring (bicyclic) bond motifs is 1. The van der Waals surface area contributed by atoms with Crippen LogP contribution in [-0.4, -0.2) is 22.7 Å². The molecule has 0 saturated carbocycles. The van der Waals surface area contributed by atoms with Crippen LogP contribution in [0.2, 0.25) is 0 Å². The SMILES string of the molecule is Cc1ccc(S(=O)(=O)n2ncc3c2CCCC3O)cc1. The molecule has 106 valence electrons. The van der Waals surface area contributed by atoms with Crippen LogP contribution in [0, 0.1) is 6.92 Å². The molecule has 2 aromatic rings. The first-order valence-corrected chi connectivity index (χ1v) is 8.01. The molecule has 0 fully saturated rings. The van der Waals surface area contributed by atoms with Gasteiger partial charge in [0.2, 0.25) is 0 Å². The molecule has 0 bridgehead atoms. The van der Waals surface area contributed by atoms with Gasteiger partial charge in [-0.2, -0.15) is 17.6 Å². The lowest BCUT2D eigenvalue weighted by Crippen LogP contribution is -2.20. The molecule has 1 heterocycles. The van der Waals surface area contributed by atoms with E-state index in [0.717, 1.165) is 16.1 Å². The number of aliphatic hydroxyl groups excluding tert-OH is 1. The van der Waals surface area contributed by atoms with Crippen molar-refractivity contribution >= 4 is 10.0 Å². The molecule has 0 saturated heterocycles. The fourth-order valence-electron chi connectivity index (χ4n) is 2.52. The van der Waals surface area contributed by atoms with Crippen molar-refractivity contribution in [2.45, 2.75) is 37.2 Å². The van der Waals surface area contributed by atoms with Gasteiger partial charge in [-0.05, 0) is 38.3 Å². The maximum atomic E-state index is 12.6. The third-order valence-corrected chi connectivity index (χ3v) is 5.30. The minimum atomic E-state index is -3.68. The van der Waals surface area contributed by atoms with E-state index in [1.165, 1.54) is 6.20 Å². The van der Waals surface area contributed by atoms with Gasteiger partial charge in [0.1, 0.15) is 0 Å². The lowest BCUT2D eigenvalue weighted by molar-refractivity contribution is 0.156. The smallest absolute Gasteiger partial charge is 0.283 e. The number of aryl methyl sites for hydroxylation is 1. The van der Waals surface area contributed by atoms with Crippen LogP contribution in [0.4, 0.5) is 0 Å². The summed E-state index contributed by atoms with van der Waals surface area (Å²) in [6, 6.07) is 6.69. The van der Waals surface area contributed by atoms with E-state index in [0.29, 0.717) is 24.1 Å². The van der Waals surface area contributed by atoms with Crippen molar-refractivity contribution in [1.82, 2.24) is 9.19 Å². The average molecular weight is 292 g/mol. The van der Waals surface area contributed by atoms with E-state index in [9.17, 15) is 13.5 Å². The molecular formula is C14H16N2O3S. The number of nitrogens with zero attached hydrogens (tertiary/aromatic N) is 2. The quantitative estimate of drug-likeness (QED) is 0.916. The number of hydrogen-bond donors (Lipinski definition) is 1. The highest BCUT2D eigenvalue weighted by molar-refractivity contribution is 7.89. The predicted molar refractivity (Wildman–Crippen MR) is 73.9 cm³/mol. The van der Waals surface area contributed by atoms with Gasteiger partial charge in [-0.15, -0.1) is 0 Å². The third kappa shape index (κ3) is 2.05. The number of aliphatic hydroxyl groups is 1. The normalized spacial score (nSPS) is 18.8. The van der Waals surface area contributed by atoms with Gasteiger partial charge >= 0.3 is 0 Å². The number of rotatable bonds is 2. The molecule has 1 aliphatic carbocycles. The lowest BCUT2D eigenvalue weighted by atomic mass is 9.96. The Kier molecular flexibility index (Phi) is 3.14. The van der Waals surface area contributed by atoms with E-state index in [1.807, 2.05) is 6.92 Å². The van der Waals surface area contributed by atoms with Gasteiger partial charge in [-0.3, -0.25) is 0 Å². The second-order valence-corrected chi connectivity index (χ2v) is 6.88. The van der Waals surface area contributed by atoms with Gasteiger partial charge in [0.25, 0.3) is 10.0 Å². The second-order valence-electron chi connectivity index (χ2n) is 5.12. The Bertz CT molecular complexity index is 732. The molecule has 0 radical (unpaired) electrons. The van der Waals surface area contributed by atoms with Crippen molar-refractivity contribution in [3.05, 3.63) is 47.3 Å². The second kappa shape index (κ2) is 4.71. The molecule has 6 heteroatoms. The Morgan fingerprint density at radius 2 is 2.00 bits per heavy atom. The van der Waals surface area contributed by atoms with Crippen LogP contribution in [0.1, 0.15) is 35.8 Å². The molecule has 5 nitrogen and oxygen atoms in total. The van der Waals surface area contributed by atoms with E-state index in [2.05, 4.69) is 5.10 Å². The summed E-state index contributed by atoms with van der Waals surface area (Å²) < 4.78 is 26.3. The zero-order chi connectivity index (χ0) is 14.3. The molecule has 3 rings (SSSR count). The number of hydrogen-bond acceptors (Lipinski definition) is 4. The van der Waals surface area contributed by atoms with Gasteiger partial charge in [0, 0.05) is 5.56 Å². The van der Waals surface area contributed by atoms with E-state index >= 15 is 0 Å². The molecule has 0 amide bonds. The molecule has 1 aliphatic rings. The van der Waals surface area contributed by atoms with Crippen molar-refractivity contribution < 1.29 is 13.5 Å². The average Bonchev–Trinajstić information content (AvgIpc) is 2.85. The summed E-state index contributed by atoms with van der Waals surface area (Å²) in [5.41, 5.74) is 2.23. The first-order chi connectivity index (χ1) is 9.50. The first-order valence-electron chi connectivity index (χ1n) is 6.57. The lowest BCUT2D eigenvalue weighted by Gasteiger charge is -2.18. The van der Waals surface area contributed by atoms with Crippen LogP contribution in [0.5, 0.6) is 0 Å². The summed E-state index contributed by atoms with van der Waals surface area (Å²) in [6.45, 7) is 1.91. The molecular weight excluding hydrogens is 276 g/mol. The Balaban J connectivity index is 2.11.